The predicted molar refractivity (Wildman–Crippen MR) is 113 cm³/mol. The Hall–Kier alpha value is -3.52. The van der Waals surface area contributed by atoms with Crippen molar-refractivity contribution >= 4 is 11.5 Å². The van der Waals surface area contributed by atoms with Gasteiger partial charge in [0.1, 0.15) is 17.8 Å². The van der Waals surface area contributed by atoms with Gasteiger partial charge in [-0.05, 0) is 29.8 Å². The minimum atomic E-state index is 0.299. The summed E-state index contributed by atoms with van der Waals surface area (Å²) in [5, 5.41) is 0. The highest BCUT2D eigenvalue weighted by atomic mass is 16.7. The Bertz CT molecular complexity index is 1020. The van der Waals surface area contributed by atoms with E-state index in [1.54, 1.807) is 0 Å². The molecule has 1 fully saturated rings. The van der Waals surface area contributed by atoms with Crippen LogP contribution in [0.5, 0.6) is 23.1 Å². The minimum Gasteiger partial charge on any atom is -0.454 e. The van der Waals surface area contributed by atoms with Crippen molar-refractivity contribution in [3.63, 3.8) is 0 Å². The van der Waals surface area contributed by atoms with Crippen molar-refractivity contribution in [3.8, 4) is 23.1 Å². The van der Waals surface area contributed by atoms with Gasteiger partial charge in [0.15, 0.2) is 17.3 Å². The molecule has 0 amide bonds. The van der Waals surface area contributed by atoms with Gasteiger partial charge in [-0.1, -0.05) is 24.3 Å². The Morgan fingerprint density at radius 2 is 1.73 bits per heavy atom. The van der Waals surface area contributed by atoms with Crippen molar-refractivity contribution in [1.29, 1.82) is 0 Å². The maximum absolute atomic E-state index is 6.34. The van der Waals surface area contributed by atoms with Gasteiger partial charge < -0.3 is 24.8 Å². The molecule has 154 valence electrons. The van der Waals surface area contributed by atoms with E-state index in [4.69, 9.17) is 19.9 Å². The highest BCUT2D eigenvalue weighted by Gasteiger charge is 2.23. The quantitative estimate of drug-likeness (QED) is 0.694. The molecule has 0 spiro atoms. The average molecular weight is 405 g/mol. The molecule has 3 heterocycles. The summed E-state index contributed by atoms with van der Waals surface area (Å²) in [5.41, 5.74) is 8.02. The third kappa shape index (κ3) is 3.81. The third-order valence-electron chi connectivity index (χ3n) is 5.30. The summed E-state index contributed by atoms with van der Waals surface area (Å²) < 4.78 is 16.7. The van der Waals surface area contributed by atoms with Crippen LogP contribution in [-0.2, 0) is 6.54 Å². The van der Waals surface area contributed by atoms with Crippen LogP contribution < -0.4 is 24.8 Å². The summed E-state index contributed by atoms with van der Waals surface area (Å²) in [5.74, 6) is 3.44. The molecule has 2 aromatic carbocycles. The maximum Gasteiger partial charge on any atom is 0.248 e. The van der Waals surface area contributed by atoms with Gasteiger partial charge in [-0.25, -0.2) is 4.98 Å². The highest BCUT2D eigenvalue weighted by molar-refractivity contribution is 5.68. The molecule has 3 aromatic rings. The lowest BCUT2D eigenvalue weighted by Gasteiger charge is -2.35. The third-order valence-corrected chi connectivity index (χ3v) is 5.30. The highest BCUT2D eigenvalue weighted by Crippen LogP contribution is 2.34. The number of nitrogen functional groups attached to an aromatic ring is 1. The van der Waals surface area contributed by atoms with E-state index in [0.717, 1.165) is 50.0 Å². The van der Waals surface area contributed by atoms with Crippen molar-refractivity contribution in [2.75, 3.05) is 43.6 Å². The molecule has 1 aromatic heterocycles. The van der Waals surface area contributed by atoms with E-state index in [-0.39, 0.29) is 0 Å². The van der Waals surface area contributed by atoms with Crippen molar-refractivity contribution in [2.45, 2.75) is 6.54 Å². The minimum absolute atomic E-state index is 0.299. The summed E-state index contributed by atoms with van der Waals surface area (Å²) in [6.45, 7) is 4.65. The summed E-state index contributed by atoms with van der Waals surface area (Å²) in [7, 11) is 0. The van der Waals surface area contributed by atoms with Crippen molar-refractivity contribution in [3.05, 3.63) is 60.4 Å². The van der Waals surface area contributed by atoms with E-state index >= 15 is 0 Å². The number of piperazine rings is 1. The molecule has 2 aliphatic rings. The van der Waals surface area contributed by atoms with Gasteiger partial charge >= 0.3 is 0 Å². The first-order valence-electron chi connectivity index (χ1n) is 9.95. The number of nitrogens with two attached hydrogens (primary N) is 1. The zero-order valence-corrected chi connectivity index (χ0v) is 16.5. The molecular formula is C22H23N5O3. The summed E-state index contributed by atoms with van der Waals surface area (Å²) in [4.78, 5) is 13.2. The number of nitrogens with zero attached hydrogens (tertiary/aromatic N) is 4. The van der Waals surface area contributed by atoms with E-state index in [2.05, 4.69) is 31.9 Å². The molecular weight excluding hydrogens is 382 g/mol. The molecule has 0 unspecified atom stereocenters. The van der Waals surface area contributed by atoms with Crippen LogP contribution in [0.3, 0.4) is 0 Å². The van der Waals surface area contributed by atoms with Gasteiger partial charge in [0, 0.05) is 32.7 Å². The van der Waals surface area contributed by atoms with Gasteiger partial charge in [-0.3, -0.25) is 4.90 Å². The molecule has 0 radical (unpaired) electrons. The Balaban J connectivity index is 1.23. The van der Waals surface area contributed by atoms with Gasteiger partial charge in [0.2, 0.25) is 12.7 Å². The number of hydrogen-bond donors (Lipinski definition) is 1. The zero-order valence-electron chi connectivity index (χ0n) is 16.5. The Labute approximate surface area is 174 Å². The molecule has 8 nitrogen and oxygen atoms in total. The molecule has 2 N–H and O–H groups in total. The molecule has 0 aliphatic carbocycles. The largest absolute Gasteiger partial charge is 0.454 e. The fourth-order valence-corrected chi connectivity index (χ4v) is 3.72. The topological polar surface area (TPSA) is 86.0 Å². The number of fused-ring (bicyclic) bond motifs is 1. The summed E-state index contributed by atoms with van der Waals surface area (Å²) in [6, 6.07) is 15.6. The van der Waals surface area contributed by atoms with Crippen molar-refractivity contribution in [1.82, 2.24) is 14.9 Å². The SMILES string of the molecule is Nc1c(Oc2ccccc2)ncnc1N1CCN(Cc2ccc3c(c2)OCO3)CC1. The lowest BCUT2D eigenvalue weighted by atomic mass is 10.1. The fourth-order valence-electron chi connectivity index (χ4n) is 3.72. The smallest absolute Gasteiger partial charge is 0.248 e. The lowest BCUT2D eigenvalue weighted by Crippen LogP contribution is -2.46. The molecule has 0 bridgehead atoms. The van der Waals surface area contributed by atoms with Crippen LogP contribution in [0.15, 0.2) is 54.9 Å². The van der Waals surface area contributed by atoms with Gasteiger partial charge in [-0.2, -0.15) is 4.98 Å². The molecule has 0 atom stereocenters. The standard InChI is InChI=1S/C22H23N5O3/c23-20-21(24-14-25-22(20)30-17-4-2-1-3-5-17)27-10-8-26(9-11-27)13-16-6-7-18-19(12-16)29-15-28-18/h1-7,12,14H,8-11,13,15,23H2. The number of anilines is 2. The number of hydrogen-bond acceptors (Lipinski definition) is 8. The average Bonchev–Trinajstić information content (AvgIpc) is 3.25. The van der Waals surface area contributed by atoms with Crippen LogP contribution in [0.25, 0.3) is 0 Å². The van der Waals surface area contributed by atoms with Crippen LogP contribution in [-0.4, -0.2) is 47.8 Å². The van der Waals surface area contributed by atoms with Crippen molar-refractivity contribution < 1.29 is 14.2 Å². The Morgan fingerprint density at radius 3 is 2.57 bits per heavy atom. The Kier molecular flexibility index (Phi) is 4.98. The zero-order chi connectivity index (χ0) is 20.3. The normalized spacial score (nSPS) is 15.9. The molecule has 30 heavy (non-hydrogen) atoms. The van der Waals surface area contributed by atoms with Crippen molar-refractivity contribution in [2.24, 2.45) is 0 Å². The fraction of sp³-hybridized carbons (Fsp3) is 0.273. The second-order valence-electron chi connectivity index (χ2n) is 7.28. The number of ether oxygens (including phenoxy) is 3. The number of rotatable bonds is 5. The predicted octanol–water partition coefficient (Wildman–Crippen LogP) is 2.90. The van der Waals surface area contributed by atoms with E-state index in [0.29, 0.717) is 24.1 Å². The maximum atomic E-state index is 6.34. The second-order valence-corrected chi connectivity index (χ2v) is 7.28. The van der Waals surface area contributed by atoms with Gasteiger partial charge in [0.05, 0.1) is 0 Å². The molecule has 0 saturated carbocycles. The van der Waals surface area contributed by atoms with E-state index < -0.39 is 0 Å². The van der Waals surface area contributed by atoms with Crippen LogP contribution in [0.1, 0.15) is 5.56 Å². The van der Waals surface area contributed by atoms with Crippen LogP contribution in [0.2, 0.25) is 0 Å². The van der Waals surface area contributed by atoms with Gasteiger partial charge in [-0.15, -0.1) is 0 Å². The van der Waals surface area contributed by atoms with E-state index in [9.17, 15) is 0 Å². The van der Waals surface area contributed by atoms with Gasteiger partial charge in [0.25, 0.3) is 0 Å². The first kappa shape index (κ1) is 18.5. The molecule has 2 aliphatic heterocycles. The summed E-state index contributed by atoms with van der Waals surface area (Å²) in [6.07, 6.45) is 1.50. The van der Waals surface area contributed by atoms with Crippen LogP contribution in [0.4, 0.5) is 11.5 Å². The first-order chi connectivity index (χ1) is 14.8. The Morgan fingerprint density at radius 1 is 0.933 bits per heavy atom. The molecule has 5 rings (SSSR count). The summed E-state index contributed by atoms with van der Waals surface area (Å²) >= 11 is 0. The lowest BCUT2D eigenvalue weighted by molar-refractivity contribution is 0.174. The monoisotopic (exact) mass is 405 g/mol. The van der Waals surface area contributed by atoms with Crippen LogP contribution in [0, 0.1) is 0 Å². The van der Waals surface area contributed by atoms with Crippen LogP contribution >= 0.6 is 0 Å². The van der Waals surface area contributed by atoms with E-state index in [1.165, 1.54) is 11.9 Å². The number of para-hydroxylation sites is 1. The second kappa shape index (κ2) is 8.08. The molecule has 8 heteroatoms. The van der Waals surface area contributed by atoms with E-state index in [1.807, 2.05) is 36.4 Å². The number of aromatic nitrogens is 2. The first-order valence-corrected chi connectivity index (χ1v) is 9.95. The molecule has 1 saturated heterocycles. The number of benzene rings is 2.